The lowest BCUT2D eigenvalue weighted by Crippen LogP contribution is -2.17. The molecule has 4 heteroatoms. The Bertz CT molecular complexity index is 2070. The first kappa shape index (κ1) is 31.4. The lowest BCUT2D eigenvalue weighted by atomic mass is 9.79. The number of phenolic OH excluding ortho intramolecular Hbond substituents is 1. The molecular weight excluding hydrogens is 581 g/mol. The molecule has 1 heterocycles. The predicted molar refractivity (Wildman–Crippen MR) is 198 cm³/mol. The van der Waals surface area contributed by atoms with Crippen LogP contribution in [0.2, 0.25) is 0 Å². The molecule has 0 unspecified atom stereocenters. The number of rotatable bonds is 5. The van der Waals surface area contributed by atoms with Crippen LogP contribution in [0.1, 0.15) is 69.4 Å². The summed E-state index contributed by atoms with van der Waals surface area (Å²) in [6.45, 7) is 17.3. The molecule has 0 bridgehead atoms. The van der Waals surface area contributed by atoms with Gasteiger partial charge in [-0.1, -0.05) is 125 Å². The summed E-state index contributed by atoms with van der Waals surface area (Å²) in [5.41, 5.74) is 12.6. The van der Waals surface area contributed by atoms with E-state index in [1.165, 1.54) is 27.8 Å². The van der Waals surface area contributed by atoms with Gasteiger partial charge in [-0.15, -0.1) is 11.3 Å². The van der Waals surface area contributed by atoms with Crippen molar-refractivity contribution in [1.29, 1.82) is 0 Å². The molecule has 0 spiro atoms. The monoisotopic (exact) mass is 622 g/mol. The standard InChI is InChI=1S/C42H42N2OS/c1-26-20-27(2)22-30(21-26)28-16-18-29(19-17-28)33-13-11-15-37-38(33)44-40(46-37)34-12-9-10-14-36(34)43-25-31-23-32(41(3,4)5)24-35(39(31)45)42(6,7)8/h9-25,45H,1-8H3. The number of fused-ring (bicyclic) bond motifs is 1. The van der Waals surface area contributed by atoms with E-state index < -0.39 is 0 Å². The largest absolute Gasteiger partial charge is 0.507 e. The topological polar surface area (TPSA) is 45.5 Å². The van der Waals surface area contributed by atoms with E-state index in [1.54, 1.807) is 17.6 Å². The van der Waals surface area contributed by atoms with Gasteiger partial charge in [0.05, 0.1) is 15.9 Å². The van der Waals surface area contributed by atoms with Crippen molar-refractivity contribution in [3.63, 3.8) is 0 Å². The van der Waals surface area contributed by atoms with Crippen LogP contribution >= 0.6 is 11.3 Å². The van der Waals surface area contributed by atoms with E-state index >= 15 is 0 Å². The molecule has 0 amide bonds. The predicted octanol–water partition coefficient (Wildman–Crippen LogP) is 12.0. The number of thiazole rings is 1. The van der Waals surface area contributed by atoms with Gasteiger partial charge in [-0.2, -0.15) is 0 Å². The second kappa shape index (κ2) is 12.0. The van der Waals surface area contributed by atoms with Crippen LogP contribution < -0.4 is 0 Å². The number of para-hydroxylation sites is 2. The van der Waals surface area contributed by atoms with Crippen molar-refractivity contribution in [2.75, 3.05) is 0 Å². The van der Waals surface area contributed by atoms with Gasteiger partial charge in [0.25, 0.3) is 0 Å². The summed E-state index contributed by atoms with van der Waals surface area (Å²) in [5, 5.41) is 12.2. The molecule has 3 nitrogen and oxygen atoms in total. The highest BCUT2D eigenvalue weighted by Crippen LogP contribution is 2.41. The van der Waals surface area contributed by atoms with E-state index in [1.807, 2.05) is 18.2 Å². The second-order valence-corrected chi connectivity index (χ2v) is 15.4. The maximum atomic E-state index is 11.3. The van der Waals surface area contributed by atoms with Crippen molar-refractivity contribution in [2.24, 2.45) is 4.99 Å². The molecule has 0 aliphatic carbocycles. The van der Waals surface area contributed by atoms with Crippen LogP contribution in [0.4, 0.5) is 5.69 Å². The van der Waals surface area contributed by atoms with Crippen molar-refractivity contribution >= 4 is 33.5 Å². The third-order valence-electron chi connectivity index (χ3n) is 8.46. The molecule has 0 saturated heterocycles. The average Bonchev–Trinajstić information content (AvgIpc) is 3.44. The van der Waals surface area contributed by atoms with E-state index in [-0.39, 0.29) is 16.6 Å². The van der Waals surface area contributed by atoms with Crippen molar-refractivity contribution in [2.45, 2.75) is 66.2 Å². The summed E-state index contributed by atoms with van der Waals surface area (Å²) in [4.78, 5) is 10.1. The fourth-order valence-electron chi connectivity index (χ4n) is 5.95. The second-order valence-electron chi connectivity index (χ2n) is 14.4. The van der Waals surface area contributed by atoms with Crippen molar-refractivity contribution in [3.05, 3.63) is 125 Å². The smallest absolute Gasteiger partial charge is 0.128 e. The van der Waals surface area contributed by atoms with Gasteiger partial charge >= 0.3 is 0 Å². The molecule has 6 rings (SSSR count). The molecule has 0 fully saturated rings. The van der Waals surface area contributed by atoms with Crippen LogP contribution in [0.15, 0.2) is 102 Å². The molecule has 1 N–H and O–H groups in total. The molecule has 232 valence electrons. The Labute approximate surface area is 277 Å². The summed E-state index contributed by atoms with van der Waals surface area (Å²) in [7, 11) is 0. The molecular formula is C42H42N2OS. The number of nitrogens with zero attached hydrogens (tertiary/aromatic N) is 2. The van der Waals surface area contributed by atoms with Crippen LogP contribution in [0.3, 0.4) is 0 Å². The molecule has 0 aliphatic rings. The van der Waals surface area contributed by atoms with Gasteiger partial charge in [-0.25, -0.2) is 4.98 Å². The molecule has 0 aliphatic heterocycles. The van der Waals surface area contributed by atoms with E-state index in [9.17, 15) is 5.11 Å². The average molecular weight is 623 g/mol. The number of aryl methyl sites for hydroxylation is 2. The Morgan fingerprint density at radius 3 is 2.00 bits per heavy atom. The van der Waals surface area contributed by atoms with Crippen molar-refractivity contribution in [1.82, 2.24) is 4.98 Å². The zero-order chi connectivity index (χ0) is 32.8. The minimum atomic E-state index is -0.204. The number of hydrogen-bond acceptors (Lipinski definition) is 4. The Hall–Kier alpha value is -4.54. The summed E-state index contributed by atoms with van der Waals surface area (Å²) in [6.07, 6.45) is 1.80. The molecule has 46 heavy (non-hydrogen) atoms. The van der Waals surface area contributed by atoms with Crippen LogP contribution in [0.5, 0.6) is 5.75 Å². The van der Waals surface area contributed by atoms with Gasteiger partial charge in [0, 0.05) is 28.5 Å². The normalized spacial score (nSPS) is 12.3. The number of aromatic nitrogens is 1. The minimum absolute atomic E-state index is 0.0626. The third-order valence-corrected chi connectivity index (χ3v) is 9.51. The number of aliphatic imine (C=N–C) groups is 1. The number of hydrogen-bond donors (Lipinski definition) is 1. The van der Waals surface area contributed by atoms with Gasteiger partial charge in [0.2, 0.25) is 0 Å². The fraction of sp³-hybridized carbons (Fsp3) is 0.238. The first-order valence-electron chi connectivity index (χ1n) is 15.9. The van der Waals surface area contributed by atoms with Crippen molar-refractivity contribution < 1.29 is 5.11 Å². The summed E-state index contributed by atoms with van der Waals surface area (Å²) in [6, 6.07) is 34.2. The Morgan fingerprint density at radius 2 is 1.33 bits per heavy atom. The highest BCUT2D eigenvalue weighted by Gasteiger charge is 2.24. The van der Waals surface area contributed by atoms with E-state index in [2.05, 4.69) is 134 Å². The van der Waals surface area contributed by atoms with Crippen LogP contribution in [0, 0.1) is 13.8 Å². The van der Waals surface area contributed by atoms with E-state index in [0.29, 0.717) is 0 Å². The van der Waals surface area contributed by atoms with E-state index in [4.69, 9.17) is 9.98 Å². The maximum Gasteiger partial charge on any atom is 0.128 e. The minimum Gasteiger partial charge on any atom is -0.507 e. The summed E-state index contributed by atoms with van der Waals surface area (Å²) in [5.74, 6) is 0.287. The van der Waals surface area contributed by atoms with Crippen molar-refractivity contribution in [3.8, 4) is 38.6 Å². The Kier molecular flexibility index (Phi) is 8.20. The lowest BCUT2D eigenvalue weighted by Gasteiger charge is -2.27. The summed E-state index contributed by atoms with van der Waals surface area (Å²) >= 11 is 1.68. The maximum absolute atomic E-state index is 11.3. The fourth-order valence-corrected chi connectivity index (χ4v) is 6.97. The highest BCUT2D eigenvalue weighted by atomic mass is 32.1. The molecule has 6 aromatic rings. The molecule has 0 saturated carbocycles. The highest BCUT2D eigenvalue weighted by molar-refractivity contribution is 7.21. The van der Waals surface area contributed by atoms with Gasteiger partial charge in [-0.05, 0) is 71.2 Å². The Morgan fingerprint density at radius 1 is 0.674 bits per heavy atom. The quantitative estimate of drug-likeness (QED) is 0.194. The summed E-state index contributed by atoms with van der Waals surface area (Å²) < 4.78 is 1.13. The SMILES string of the molecule is Cc1cc(C)cc(-c2ccc(-c3cccc4sc(-c5ccccc5N=Cc5cc(C(C)(C)C)cc(C(C)(C)C)c5O)nc34)cc2)c1. The number of benzene rings is 5. The van der Waals surface area contributed by atoms with Gasteiger partial charge in [-0.3, -0.25) is 4.99 Å². The van der Waals surface area contributed by atoms with Crippen LogP contribution in [-0.4, -0.2) is 16.3 Å². The zero-order valence-corrected chi connectivity index (χ0v) is 28.9. The zero-order valence-electron chi connectivity index (χ0n) is 28.1. The van der Waals surface area contributed by atoms with Gasteiger partial charge in [0.1, 0.15) is 10.8 Å². The van der Waals surface area contributed by atoms with Crippen LogP contribution in [0.25, 0.3) is 43.0 Å². The third kappa shape index (κ3) is 6.41. The number of aromatic hydroxyl groups is 1. The number of phenols is 1. The molecule has 1 aromatic heterocycles. The Balaban J connectivity index is 1.37. The molecule has 0 radical (unpaired) electrons. The van der Waals surface area contributed by atoms with Crippen LogP contribution in [-0.2, 0) is 10.8 Å². The lowest BCUT2D eigenvalue weighted by molar-refractivity contribution is 0.444. The first-order chi connectivity index (χ1) is 21.8. The first-order valence-corrected chi connectivity index (χ1v) is 16.7. The van der Waals surface area contributed by atoms with E-state index in [0.717, 1.165) is 48.7 Å². The van der Waals surface area contributed by atoms with Gasteiger partial charge < -0.3 is 5.11 Å². The molecule has 5 aromatic carbocycles. The van der Waals surface area contributed by atoms with Gasteiger partial charge in [0.15, 0.2) is 0 Å². The molecule has 0 atom stereocenters.